The van der Waals surface area contributed by atoms with Gasteiger partial charge in [-0.05, 0) is 6.07 Å². The molecule has 1 aromatic heterocycles. The molecule has 0 aliphatic carbocycles. The van der Waals surface area contributed by atoms with Crippen molar-refractivity contribution in [2.75, 3.05) is 13.1 Å². The number of rotatable bonds is 4. The van der Waals surface area contributed by atoms with E-state index in [1.165, 1.54) is 25.2 Å². The molecular formula is C11H10FN3O4S. The van der Waals surface area contributed by atoms with E-state index in [9.17, 15) is 17.6 Å². The molecule has 0 fully saturated rings. The van der Waals surface area contributed by atoms with Gasteiger partial charge >= 0.3 is 10.1 Å². The first-order valence-corrected chi connectivity index (χ1v) is 7.00. The summed E-state index contributed by atoms with van der Waals surface area (Å²) in [6.45, 7) is 0. The molecule has 7 nitrogen and oxygen atoms in total. The number of benzene rings is 1. The third-order valence-corrected chi connectivity index (χ3v) is 3.12. The number of aromatic nitrogens is 2. The number of carbonyl (C=O) groups is 1. The lowest BCUT2D eigenvalue weighted by atomic mass is 10.1. The lowest BCUT2D eigenvalue weighted by Gasteiger charge is -2.08. The van der Waals surface area contributed by atoms with Crippen molar-refractivity contribution in [3.8, 4) is 5.75 Å². The Balaban J connectivity index is 2.62. The zero-order chi connectivity index (χ0) is 14.8. The number of para-hydroxylation sites is 1. The van der Waals surface area contributed by atoms with Gasteiger partial charge in [0.1, 0.15) is 17.5 Å². The minimum atomic E-state index is -4.33. The largest absolute Gasteiger partial charge is 0.378 e. The van der Waals surface area contributed by atoms with E-state index in [1.54, 1.807) is 0 Å². The third kappa shape index (κ3) is 2.67. The molecule has 0 unspecified atom stereocenters. The lowest BCUT2D eigenvalue weighted by Crippen LogP contribution is -2.20. The fraction of sp³-hybridized carbons (Fsp3) is 0.182. The Labute approximate surface area is 113 Å². The van der Waals surface area contributed by atoms with Crippen molar-refractivity contribution in [2.45, 2.75) is 0 Å². The Morgan fingerprint density at radius 2 is 2.15 bits per heavy atom. The highest BCUT2D eigenvalue weighted by Gasteiger charge is 2.18. The van der Waals surface area contributed by atoms with Crippen LogP contribution in [0.25, 0.3) is 10.9 Å². The monoisotopic (exact) mass is 299 g/mol. The zero-order valence-corrected chi connectivity index (χ0v) is 11.1. The van der Waals surface area contributed by atoms with Crippen LogP contribution in [0.2, 0.25) is 0 Å². The Hall–Kier alpha value is -2.29. The predicted molar refractivity (Wildman–Crippen MR) is 68.5 cm³/mol. The van der Waals surface area contributed by atoms with Crippen molar-refractivity contribution in [2.24, 2.45) is 0 Å². The first-order chi connectivity index (χ1) is 9.48. The highest BCUT2D eigenvalue weighted by molar-refractivity contribution is 7.86. The summed E-state index contributed by atoms with van der Waals surface area (Å²) in [6.07, 6.45) is 1.10. The van der Waals surface area contributed by atoms with Gasteiger partial charge < -0.3 is 9.50 Å². The zero-order valence-electron chi connectivity index (χ0n) is 10.3. The highest BCUT2D eigenvalue weighted by atomic mass is 32.2. The average molecular weight is 299 g/mol. The molecular weight excluding hydrogens is 289 g/mol. The Bertz CT molecular complexity index is 763. The van der Waals surface area contributed by atoms with E-state index in [0.717, 1.165) is 6.33 Å². The molecule has 0 saturated carbocycles. The van der Waals surface area contributed by atoms with Gasteiger partial charge in [-0.1, -0.05) is 12.1 Å². The molecule has 0 radical (unpaired) electrons. The number of nitrogens with zero attached hydrogens (tertiary/aromatic N) is 2. The van der Waals surface area contributed by atoms with Gasteiger partial charge in [-0.15, -0.1) is 0 Å². The van der Waals surface area contributed by atoms with Crippen molar-refractivity contribution >= 4 is 26.9 Å². The number of amides is 1. The molecule has 1 N–H and O–H groups in total. The molecule has 2 rings (SSSR count). The molecule has 0 saturated heterocycles. The first-order valence-electron chi connectivity index (χ1n) is 5.42. The van der Waals surface area contributed by atoms with E-state index in [-0.39, 0.29) is 17.0 Å². The van der Waals surface area contributed by atoms with Crippen molar-refractivity contribution in [1.82, 2.24) is 15.3 Å². The Kier molecular flexibility index (Phi) is 3.79. The van der Waals surface area contributed by atoms with Gasteiger partial charge in [0.25, 0.3) is 5.91 Å². The average Bonchev–Trinajstić information content (AvgIpc) is 2.46. The van der Waals surface area contributed by atoms with E-state index in [1.807, 2.05) is 0 Å². The van der Waals surface area contributed by atoms with Crippen LogP contribution in [0.1, 0.15) is 10.5 Å². The second kappa shape index (κ2) is 5.37. The van der Waals surface area contributed by atoms with Gasteiger partial charge in [0.05, 0.1) is 0 Å². The van der Waals surface area contributed by atoms with Crippen LogP contribution < -0.4 is 9.50 Å². The van der Waals surface area contributed by atoms with E-state index < -0.39 is 22.0 Å². The summed E-state index contributed by atoms with van der Waals surface area (Å²) >= 11 is 0. The lowest BCUT2D eigenvalue weighted by molar-refractivity contribution is 0.0960. The molecule has 1 aromatic carbocycles. The minimum absolute atomic E-state index is 0.0700. The molecule has 0 bridgehead atoms. The molecule has 1 amide bonds. The number of halogens is 1. The fourth-order valence-corrected chi connectivity index (χ4v) is 2.04. The Morgan fingerprint density at radius 3 is 2.80 bits per heavy atom. The van der Waals surface area contributed by atoms with Crippen LogP contribution in [0, 0.1) is 0 Å². The predicted octanol–water partition coefficient (Wildman–Crippen LogP) is 0.625. The van der Waals surface area contributed by atoms with Crippen molar-refractivity contribution in [3.63, 3.8) is 0 Å². The summed E-state index contributed by atoms with van der Waals surface area (Å²) in [5.74, 6) is -0.615. The van der Waals surface area contributed by atoms with Crippen LogP contribution in [-0.4, -0.2) is 37.3 Å². The summed E-state index contributed by atoms with van der Waals surface area (Å²) in [5, 5.41) is 2.71. The maximum Gasteiger partial charge on any atom is 0.339 e. The molecule has 2 aromatic rings. The van der Waals surface area contributed by atoms with Gasteiger partial charge in [-0.2, -0.15) is 8.42 Å². The Morgan fingerprint density at radius 1 is 1.40 bits per heavy atom. The normalized spacial score (nSPS) is 11.3. The summed E-state index contributed by atoms with van der Waals surface area (Å²) in [7, 11) is -2.90. The summed E-state index contributed by atoms with van der Waals surface area (Å²) in [5.41, 5.74) is 0.179. The SMILES string of the molecule is CNC(=O)c1ncnc2c(OS(=O)(=O)CF)cccc12. The number of hydrogen-bond acceptors (Lipinski definition) is 6. The molecule has 0 aliphatic heterocycles. The van der Waals surface area contributed by atoms with E-state index in [2.05, 4.69) is 19.5 Å². The van der Waals surface area contributed by atoms with Crippen LogP contribution in [-0.2, 0) is 10.1 Å². The number of carbonyl (C=O) groups excluding carboxylic acids is 1. The van der Waals surface area contributed by atoms with Crippen LogP contribution in [0.3, 0.4) is 0 Å². The fourth-order valence-electron chi connectivity index (χ4n) is 1.59. The van der Waals surface area contributed by atoms with Gasteiger partial charge in [0, 0.05) is 12.4 Å². The van der Waals surface area contributed by atoms with Crippen LogP contribution >= 0.6 is 0 Å². The molecule has 0 atom stereocenters. The summed E-state index contributed by atoms with van der Waals surface area (Å²) in [6, 6.07) is 2.66. The number of hydrogen-bond donors (Lipinski definition) is 1. The van der Waals surface area contributed by atoms with Crippen LogP contribution in [0.5, 0.6) is 5.75 Å². The highest BCUT2D eigenvalue weighted by Crippen LogP contribution is 2.26. The number of nitrogens with one attached hydrogen (secondary N) is 1. The van der Waals surface area contributed by atoms with Crippen LogP contribution in [0.15, 0.2) is 24.5 Å². The molecule has 9 heteroatoms. The van der Waals surface area contributed by atoms with Gasteiger partial charge in [0.2, 0.25) is 6.01 Å². The van der Waals surface area contributed by atoms with E-state index in [0.29, 0.717) is 5.39 Å². The van der Waals surface area contributed by atoms with Gasteiger partial charge in [0.15, 0.2) is 5.75 Å². The molecule has 20 heavy (non-hydrogen) atoms. The van der Waals surface area contributed by atoms with Crippen molar-refractivity contribution < 1.29 is 21.8 Å². The van der Waals surface area contributed by atoms with Crippen molar-refractivity contribution in [3.05, 3.63) is 30.2 Å². The van der Waals surface area contributed by atoms with Crippen molar-refractivity contribution in [1.29, 1.82) is 0 Å². The second-order valence-electron chi connectivity index (χ2n) is 3.70. The topological polar surface area (TPSA) is 98.2 Å². The smallest absolute Gasteiger partial charge is 0.339 e. The molecule has 106 valence electrons. The maximum absolute atomic E-state index is 12.3. The summed E-state index contributed by atoms with van der Waals surface area (Å²) < 4.78 is 39.3. The van der Waals surface area contributed by atoms with Gasteiger partial charge in [-0.25, -0.2) is 14.4 Å². The molecule has 0 spiro atoms. The third-order valence-electron chi connectivity index (χ3n) is 2.42. The minimum Gasteiger partial charge on any atom is -0.378 e. The maximum atomic E-state index is 12.3. The second-order valence-corrected chi connectivity index (χ2v) is 5.20. The number of fused-ring (bicyclic) bond motifs is 1. The van der Waals surface area contributed by atoms with Gasteiger partial charge in [-0.3, -0.25) is 4.79 Å². The quantitative estimate of drug-likeness (QED) is 0.831. The standard InChI is InChI=1S/C11H10FN3O4S/c1-13-11(16)10-7-3-2-4-8(9(7)14-6-15-10)19-20(17,18)5-12/h2-4,6H,5H2,1H3,(H,13,16). The van der Waals surface area contributed by atoms with Crippen LogP contribution in [0.4, 0.5) is 4.39 Å². The van der Waals surface area contributed by atoms with E-state index in [4.69, 9.17) is 0 Å². The van der Waals surface area contributed by atoms with E-state index >= 15 is 0 Å². The summed E-state index contributed by atoms with van der Waals surface area (Å²) in [4.78, 5) is 19.4. The molecule has 1 heterocycles. The number of alkyl halides is 1. The first kappa shape index (κ1) is 14.1. The molecule has 0 aliphatic rings.